The van der Waals surface area contributed by atoms with E-state index in [4.69, 9.17) is 0 Å². The maximum atomic E-state index is 2.44. The van der Waals surface area contributed by atoms with Crippen LogP contribution in [0.2, 0.25) is 0 Å². The second-order valence-corrected chi connectivity index (χ2v) is 14.9. The zero-order valence-electron chi connectivity index (χ0n) is 29.2. The van der Waals surface area contributed by atoms with Gasteiger partial charge in [-0.2, -0.15) is 0 Å². The van der Waals surface area contributed by atoms with Crippen molar-refractivity contribution in [3.63, 3.8) is 0 Å². The molecule has 0 atom stereocenters. The molecule has 0 bridgehead atoms. The van der Waals surface area contributed by atoms with E-state index < -0.39 is 0 Å². The van der Waals surface area contributed by atoms with Crippen LogP contribution in [-0.2, 0) is 5.41 Å². The van der Waals surface area contributed by atoms with E-state index in [1.807, 2.05) is 0 Å². The Hall–Kier alpha value is -6.44. The van der Waals surface area contributed by atoms with Gasteiger partial charge in [0.1, 0.15) is 0 Å². The van der Waals surface area contributed by atoms with Gasteiger partial charge in [-0.1, -0.05) is 159 Å². The Kier molecular flexibility index (Phi) is 6.08. The van der Waals surface area contributed by atoms with Crippen LogP contribution in [0, 0.1) is 0 Å². The average Bonchev–Trinajstić information content (AvgIpc) is 3.66. The molecule has 0 aliphatic heterocycles. The molecule has 0 saturated heterocycles. The number of para-hydroxylation sites is 1. The highest BCUT2D eigenvalue weighted by atomic mass is 15.0. The highest BCUT2D eigenvalue weighted by Crippen LogP contribution is 2.52. The van der Waals surface area contributed by atoms with Crippen molar-refractivity contribution in [1.82, 2.24) is 4.57 Å². The molecule has 0 spiro atoms. The molecule has 0 unspecified atom stereocenters. The zero-order chi connectivity index (χ0) is 34.6. The summed E-state index contributed by atoms with van der Waals surface area (Å²) >= 11 is 0. The Morgan fingerprint density at radius 3 is 1.58 bits per heavy atom. The van der Waals surface area contributed by atoms with E-state index >= 15 is 0 Å². The molecule has 1 heterocycles. The van der Waals surface area contributed by atoms with Gasteiger partial charge in [-0.15, -0.1) is 0 Å². The first-order chi connectivity index (χ1) is 25.6. The fraction of sp³-hybridized carbons (Fsp3) is 0.0588. The predicted octanol–water partition coefficient (Wildman–Crippen LogP) is 13.9. The number of aromatic nitrogens is 1. The molecule has 0 radical (unpaired) electrons. The molecule has 9 aromatic carbocycles. The van der Waals surface area contributed by atoms with E-state index in [0.717, 1.165) is 5.69 Å². The SMILES string of the molecule is CC1(C)c2ccccc2-c2c(-c3ccc(-n4c5ccccc5c5ccc(-c6ccc7c8ccccc8c8ccccc8c7c6)cc54)cc3)cccc21. The van der Waals surface area contributed by atoms with Crippen LogP contribution in [0.5, 0.6) is 0 Å². The van der Waals surface area contributed by atoms with Crippen LogP contribution < -0.4 is 0 Å². The fourth-order valence-corrected chi connectivity index (χ4v) is 9.30. The molecule has 0 amide bonds. The Bertz CT molecular complexity index is 3050. The standard InChI is InChI=1S/C51H35N/c1-51(2)46-19-9-7-17-44(46)50-36(18-11-20-47(50)51)32-22-26-35(27-23-32)52-48-21-10-8-16-42(48)43-29-25-34(31-49(43)52)33-24-28-41-39-14-4-3-12-37(39)38-13-5-6-15-40(38)45(41)30-33/h3-31H,1-2H3. The van der Waals surface area contributed by atoms with Crippen molar-refractivity contribution >= 4 is 54.1 Å². The third-order valence-corrected chi connectivity index (χ3v) is 11.8. The molecule has 1 aliphatic rings. The predicted molar refractivity (Wildman–Crippen MR) is 222 cm³/mol. The first-order valence-corrected chi connectivity index (χ1v) is 18.3. The van der Waals surface area contributed by atoms with Crippen LogP contribution in [0.25, 0.3) is 93.2 Å². The molecule has 0 fully saturated rings. The largest absolute Gasteiger partial charge is 0.309 e. The number of hydrogen-bond donors (Lipinski definition) is 0. The molecule has 11 rings (SSSR count). The third-order valence-electron chi connectivity index (χ3n) is 11.8. The first kappa shape index (κ1) is 29.3. The first-order valence-electron chi connectivity index (χ1n) is 18.3. The lowest BCUT2D eigenvalue weighted by molar-refractivity contribution is 0.660. The monoisotopic (exact) mass is 661 g/mol. The van der Waals surface area contributed by atoms with Gasteiger partial charge in [0.05, 0.1) is 11.0 Å². The van der Waals surface area contributed by atoms with Crippen molar-refractivity contribution in [2.75, 3.05) is 0 Å². The molecule has 0 saturated carbocycles. The van der Waals surface area contributed by atoms with Gasteiger partial charge >= 0.3 is 0 Å². The quantitative estimate of drug-likeness (QED) is 0.166. The maximum absolute atomic E-state index is 2.44. The smallest absolute Gasteiger partial charge is 0.0547 e. The lowest BCUT2D eigenvalue weighted by atomic mass is 9.82. The van der Waals surface area contributed by atoms with Crippen LogP contribution >= 0.6 is 0 Å². The minimum atomic E-state index is -0.0194. The molecule has 1 aromatic heterocycles. The summed E-state index contributed by atoms with van der Waals surface area (Å²) in [5, 5.41) is 10.3. The van der Waals surface area contributed by atoms with E-state index in [-0.39, 0.29) is 5.41 Å². The van der Waals surface area contributed by atoms with Gasteiger partial charge in [-0.25, -0.2) is 0 Å². The summed E-state index contributed by atoms with van der Waals surface area (Å²) < 4.78 is 2.44. The van der Waals surface area contributed by atoms with Crippen LogP contribution in [-0.4, -0.2) is 4.57 Å². The average molecular weight is 662 g/mol. The minimum absolute atomic E-state index is 0.0194. The van der Waals surface area contributed by atoms with Crippen molar-refractivity contribution in [3.05, 3.63) is 187 Å². The van der Waals surface area contributed by atoms with Crippen LogP contribution in [0.4, 0.5) is 0 Å². The number of fused-ring (bicyclic) bond motifs is 12. The number of benzene rings is 9. The summed E-state index contributed by atoms with van der Waals surface area (Å²) in [5.41, 5.74) is 14.1. The van der Waals surface area contributed by atoms with Crippen molar-refractivity contribution in [2.45, 2.75) is 19.3 Å². The van der Waals surface area contributed by atoms with E-state index in [1.165, 1.54) is 98.6 Å². The number of rotatable bonds is 3. The Labute approximate surface area is 303 Å². The lowest BCUT2D eigenvalue weighted by Crippen LogP contribution is -2.14. The van der Waals surface area contributed by atoms with Crippen LogP contribution in [0.1, 0.15) is 25.0 Å². The van der Waals surface area contributed by atoms with Crippen LogP contribution in [0.15, 0.2) is 176 Å². The second kappa shape index (κ2) is 10.8. The summed E-state index contributed by atoms with van der Waals surface area (Å²) in [6.45, 7) is 4.70. The van der Waals surface area contributed by atoms with Crippen molar-refractivity contribution in [1.29, 1.82) is 0 Å². The summed E-state index contributed by atoms with van der Waals surface area (Å²) in [6, 6.07) is 65.4. The van der Waals surface area contributed by atoms with Crippen molar-refractivity contribution in [3.8, 4) is 39.1 Å². The topological polar surface area (TPSA) is 4.93 Å². The Morgan fingerprint density at radius 1 is 0.346 bits per heavy atom. The van der Waals surface area contributed by atoms with Crippen molar-refractivity contribution in [2.24, 2.45) is 0 Å². The summed E-state index contributed by atoms with van der Waals surface area (Å²) in [6.07, 6.45) is 0. The Balaban J connectivity index is 1.07. The van der Waals surface area contributed by atoms with Crippen molar-refractivity contribution < 1.29 is 0 Å². The van der Waals surface area contributed by atoms with Gasteiger partial charge in [0.25, 0.3) is 0 Å². The number of hydrogen-bond acceptors (Lipinski definition) is 0. The fourth-order valence-electron chi connectivity index (χ4n) is 9.30. The number of nitrogens with zero attached hydrogens (tertiary/aromatic N) is 1. The molecule has 244 valence electrons. The molecule has 52 heavy (non-hydrogen) atoms. The molecular formula is C51H35N. The molecule has 1 heteroatoms. The van der Waals surface area contributed by atoms with E-state index in [1.54, 1.807) is 0 Å². The summed E-state index contributed by atoms with van der Waals surface area (Å²) in [4.78, 5) is 0. The Morgan fingerprint density at radius 2 is 0.846 bits per heavy atom. The van der Waals surface area contributed by atoms with Gasteiger partial charge in [0.15, 0.2) is 0 Å². The summed E-state index contributed by atoms with van der Waals surface area (Å²) in [7, 11) is 0. The molecular weight excluding hydrogens is 627 g/mol. The van der Waals surface area contributed by atoms with E-state index in [0.29, 0.717) is 0 Å². The van der Waals surface area contributed by atoms with Gasteiger partial charge in [-0.3, -0.25) is 0 Å². The molecule has 1 nitrogen and oxygen atoms in total. The normalized spacial score (nSPS) is 13.3. The summed E-state index contributed by atoms with van der Waals surface area (Å²) in [5.74, 6) is 0. The zero-order valence-corrected chi connectivity index (χ0v) is 29.2. The van der Waals surface area contributed by atoms with E-state index in [9.17, 15) is 0 Å². The minimum Gasteiger partial charge on any atom is -0.309 e. The van der Waals surface area contributed by atoms with Gasteiger partial charge < -0.3 is 4.57 Å². The van der Waals surface area contributed by atoms with E-state index in [2.05, 4.69) is 194 Å². The molecule has 10 aromatic rings. The molecule has 0 N–H and O–H groups in total. The highest BCUT2D eigenvalue weighted by molar-refractivity contribution is 6.25. The van der Waals surface area contributed by atoms with Gasteiger partial charge in [-0.05, 0) is 107 Å². The second-order valence-electron chi connectivity index (χ2n) is 14.9. The molecule has 1 aliphatic carbocycles. The van der Waals surface area contributed by atoms with Gasteiger partial charge in [0, 0.05) is 21.9 Å². The lowest BCUT2D eigenvalue weighted by Gasteiger charge is -2.21. The highest BCUT2D eigenvalue weighted by Gasteiger charge is 2.36. The van der Waals surface area contributed by atoms with Gasteiger partial charge in [0.2, 0.25) is 0 Å². The van der Waals surface area contributed by atoms with Crippen LogP contribution in [0.3, 0.4) is 0 Å². The maximum Gasteiger partial charge on any atom is 0.0547 e. The third kappa shape index (κ3) is 4.05.